The second kappa shape index (κ2) is 12.2. The fourth-order valence-electron chi connectivity index (χ4n) is 3.21. The third kappa shape index (κ3) is 8.31. The highest BCUT2D eigenvalue weighted by Crippen LogP contribution is 2.32. The molecular formula is C19H27ClNO6P. The van der Waals surface area contributed by atoms with Gasteiger partial charge in [0, 0.05) is 23.6 Å². The highest BCUT2D eigenvalue weighted by atomic mass is 35.5. The number of hydrogen-bond acceptors (Lipinski definition) is 6. The summed E-state index contributed by atoms with van der Waals surface area (Å²) in [6.45, 7) is 0.187. The summed E-state index contributed by atoms with van der Waals surface area (Å²) in [5, 5.41) is 3.18. The van der Waals surface area contributed by atoms with Crippen LogP contribution < -0.4 is 5.32 Å². The number of amides is 1. The number of benzene rings is 1. The highest BCUT2D eigenvalue weighted by molar-refractivity contribution is 7.45. The fraction of sp³-hybridized carbons (Fsp3) is 0.579. The Bertz CT molecular complexity index is 621. The summed E-state index contributed by atoms with van der Waals surface area (Å²) < 4.78 is 10.2. The van der Waals surface area contributed by atoms with Gasteiger partial charge in [-0.2, -0.15) is 0 Å². The third-order valence-electron chi connectivity index (χ3n) is 4.72. The number of nitrogens with one attached hydrogen (secondary N) is 1. The molecule has 0 unspecified atom stereocenters. The first-order valence-electron chi connectivity index (χ1n) is 9.43. The Morgan fingerprint density at radius 3 is 2.39 bits per heavy atom. The van der Waals surface area contributed by atoms with Crippen molar-refractivity contribution in [3.8, 4) is 0 Å². The SMILES string of the molecule is O=C(NC[C@H](CP(O)O)c1ccc(Cl)cc1)OCCOC(=O)C1CCCCC1. The number of alkyl carbamates (subject to hydrolysis) is 1. The predicted molar refractivity (Wildman–Crippen MR) is 107 cm³/mol. The van der Waals surface area contributed by atoms with Crippen molar-refractivity contribution in [1.82, 2.24) is 5.32 Å². The van der Waals surface area contributed by atoms with E-state index >= 15 is 0 Å². The van der Waals surface area contributed by atoms with Crippen LogP contribution in [0.4, 0.5) is 4.79 Å². The molecule has 1 aromatic rings. The summed E-state index contributed by atoms with van der Waals surface area (Å²) in [4.78, 5) is 42.4. The van der Waals surface area contributed by atoms with Crippen LogP contribution in [0.15, 0.2) is 24.3 Å². The average molecular weight is 432 g/mol. The molecule has 28 heavy (non-hydrogen) atoms. The van der Waals surface area contributed by atoms with Gasteiger partial charge in [-0.1, -0.05) is 43.0 Å². The fourth-order valence-corrected chi connectivity index (χ4v) is 4.07. The summed E-state index contributed by atoms with van der Waals surface area (Å²) in [6, 6.07) is 6.98. The molecule has 3 N–H and O–H groups in total. The average Bonchev–Trinajstić information content (AvgIpc) is 2.69. The van der Waals surface area contributed by atoms with E-state index in [9.17, 15) is 19.4 Å². The standard InChI is InChI=1S/C19H27ClNO6P/c20-17-8-6-14(7-9-17)16(13-28(24)25)12-21-19(23)27-11-10-26-18(22)15-4-2-1-3-5-15/h6-9,15-16,24-25H,1-5,10-13H2,(H,21,23)/t16-/m1/s1. The molecule has 0 bridgehead atoms. The van der Waals surface area contributed by atoms with Gasteiger partial charge in [-0.3, -0.25) is 4.79 Å². The highest BCUT2D eigenvalue weighted by Gasteiger charge is 2.22. The Balaban J connectivity index is 1.68. The van der Waals surface area contributed by atoms with E-state index in [1.54, 1.807) is 24.3 Å². The second-order valence-electron chi connectivity index (χ2n) is 6.82. The normalized spacial score (nSPS) is 15.9. The Hall–Kier alpha value is -1.40. The molecule has 1 amide bonds. The lowest BCUT2D eigenvalue weighted by atomic mass is 9.89. The van der Waals surface area contributed by atoms with E-state index in [1.807, 2.05) is 0 Å². The zero-order valence-electron chi connectivity index (χ0n) is 15.7. The monoisotopic (exact) mass is 431 g/mol. The number of esters is 1. The molecule has 156 valence electrons. The molecule has 1 aliphatic carbocycles. The van der Waals surface area contributed by atoms with E-state index in [0.717, 1.165) is 31.2 Å². The van der Waals surface area contributed by atoms with Crippen molar-refractivity contribution in [2.24, 2.45) is 5.92 Å². The van der Waals surface area contributed by atoms with Crippen molar-refractivity contribution in [2.75, 3.05) is 25.9 Å². The first kappa shape index (κ1) is 22.9. The van der Waals surface area contributed by atoms with Crippen LogP contribution in [0.1, 0.15) is 43.6 Å². The molecule has 0 spiro atoms. The molecule has 1 atom stereocenters. The summed E-state index contributed by atoms with van der Waals surface area (Å²) in [5.74, 6) is -0.532. The van der Waals surface area contributed by atoms with E-state index in [1.165, 1.54) is 6.42 Å². The minimum atomic E-state index is -2.11. The van der Waals surface area contributed by atoms with Gasteiger partial charge in [-0.25, -0.2) is 4.79 Å². The van der Waals surface area contributed by atoms with Gasteiger partial charge >= 0.3 is 12.1 Å². The van der Waals surface area contributed by atoms with Gasteiger partial charge < -0.3 is 24.6 Å². The van der Waals surface area contributed by atoms with Crippen LogP contribution in [0.3, 0.4) is 0 Å². The quantitative estimate of drug-likeness (QED) is 0.313. The van der Waals surface area contributed by atoms with Crippen molar-refractivity contribution in [1.29, 1.82) is 0 Å². The van der Waals surface area contributed by atoms with Crippen molar-refractivity contribution < 1.29 is 28.8 Å². The van der Waals surface area contributed by atoms with Gasteiger partial charge in [0.25, 0.3) is 0 Å². The number of carbonyl (C=O) groups is 2. The lowest BCUT2D eigenvalue weighted by Gasteiger charge is -2.20. The smallest absolute Gasteiger partial charge is 0.407 e. The molecular weight excluding hydrogens is 405 g/mol. The summed E-state index contributed by atoms with van der Waals surface area (Å²) in [5.41, 5.74) is 0.835. The van der Waals surface area contributed by atoms with Crippen LogP contribution in [0, 0.1) is 5.92 Å². The first-order chi connectivity index (χ1) is 13.5. The van der Waals surface area contributed by atoms with Gasteiger partial charge in [-0.15, -0.1) is 0 Å². The lowest BCUT2D eigenvalue weighted by molar-refractivity contribution is -0.150. The van der Waals surface area contributed by atoms with Crippen LogP contribution >= 0.6 is 20.0 Å². The van der Waals surface area contributed by atoms with Crippen LogP contribution in [0.2, 0.25) is 5.02 Å². The van der Waals surface area contributed by atoms with Crippen LogP contribution in [0.5, 0.6) is 0 Å². The molecule has 9 heteroatoms. The molecule has 1 aliphatic rings. The Labute approximate surface area is 171 Å². The topological polar surface area (TPSA) is 105 Å². The third-order valence-corrected chi connectivity index (χ3v) is 5.74. The number of hydrogen-bond donors (Lipinski definition) is 3. The number of ether oxygens (including phenoxy) is 2. The van der Waals surface area contributed by atoms with Crippen molar-refractivity contribution >= 4 is 32.0 Å². The van der Waals surface area contributed by atoms with E-state index < -0.39 is 14.5 Å². The molecule has 2 rings (SSSR count). The van der Waals surface area contributed by atoms with Crippen LogP contribution in [0.25, 0.3) is 0 Å². The zero-order valence-corrected chi connectivity index (χ0v) is 17.3. The second-order valence-corrected chi connectivity index (χ2v) is 8.37. The van der Waals surface area contributed by atoms with Gasteiger partial charge in [0.2, 0.25) is 0 Å². The predicted octanol–water partition coefficient (Wildman–Crippen LogP) is 3.57. The van der Waals surface area contributed by atoms with Crippen molar-refractivity contribution in [3.63, 3.8) is 0 Å². The Morgan fingerprint density at radius 1 is 1.11 bits per heavy atom. The van der Waals surface area contributed by atoms with Crippen LogP contribution in [-0.4, -0.2) is 47.8 Å². The van der Waals surface area contributed by atoms with Gasteiger partial charge in [-0.05, 0) is 30.5 Å². The minimum absolute atomic E-state index is 0.0252. The van der Waals surface area contributed by atoms with Gasteiger partial charge in [0.1, 0.15) is 13.2 Å². The maximum Gasteiger partial charge on any atom is 0.407 e. The maximum atomic E-state index is 11.9. The van der Waals surface area contributed by atoms with Crippen molar-refractivity contribution in [2.45, 2.75) is 38.0 Å². The summed E-state index contributed by atoms with van der Waals surface area (Å²) >= 11 is 5.87. The zero-order chi connectivity index (χ0) is 20.4. The lowest BCUT2D eigenvalue weighted by Crippen LogP contribution is -2.31. The number of rotatable bonds is 9. The van der Waals surface area contributed by atoms with Crippen molar-refractivity contribution in [3.05, 3.63) is 34.9 Å². The number of carbonyl (C=O) groups excluding carboxylic acids is 2. The van der Waals surface area contributed by atoms with Gasteiger partial charge in [0.15, 0.2) is 8.38 Å². The maximum absolute atomic E-state index is 11.9. The van der Waals surface area contributed by atoms with E-state index in [-0.39, 0.29) is 43.7 Å². The van der Waals surface area contributed by atoms with Gasteiger partial charge in [0.05, 0.1) is 5.92 Å². The Morgan fingerprint density at radius 2 is 1.75 bits per heavy atom. The minimum Gasteiger partial charge on any atom is -0.462 e. The molecule has 0 aromatic heterocycles. The molecule has 7 nitrogen and oxygen atoms in total. The number of halogens is 1. The molecule has 0 saturated heterocycles. The first-order valence-corrected chi connectivity index (χ1v) is 11.2. The van der Waals surface area contributed by atoms with E-state index in [0.29, 0.717) is 5.02 Å². The molecule has 0 radical (unpaired) electrons. The molecule has 1 fully saturated rings. The van der Waals surface area contributed by atoms with E-state index in [4.69, 9.17) is 21.1 Å². The molecule has 1 saturated carbocycles. The molecule has 1 aromatic carbocycles. The molecule has 0 heterocycles. The largest absolute Gasteiger partial charge is 0.462 e. The summed E-state index contributed by atoms with van der Waals surface area (Å²) in [6.07, 6.45) is 4.48. The molecule has 0 aliphatic heterocycles. The van der Waals surface area contributed by atoms with E-state index in [2.05, 4.69) is 5.32 Å². The van der Waals surface area contributed by atoms with Crippen LogP contribution in [-0.2, 0) is 14.3 Å². The Kier molecular flexibility index (Phi) is 9.99. The summed E-state index contributed by atoms with van der Waals surface area (Å²) in [7, 11) is -2.11.